The average molecular weight is 740 g/mol. The molecule has 18 heteroatoms. The molecule has 0 saturated carbocycles. The van der Waals surface area contributed by atoms with Crippen molar-refractivity contribution < 1.29 is 47.0 Å². The van der Waals surface area contributed by atoms with Crippen molar-refractivity contribution >= 4 is 45.6 Å². The zero-order valence-corrected chi connectivity index (χ0v) is 31.8. The van der Waals surface area contributed by atoms with Gasteiger partial charge < -0.3 is 42.0 Å². The number of esters is 1. The van der Waals surface area contributed by atoms with Crippen LogP contribution in [0.15, 0.2) is 9.89 Å². The number of aliphatic carboxylic acids is 1. The van der Waals surface area contributed by atoms with Crippen LogP contribution in [0, 0.1) is 20.8 Å². The number of aliphatic imine (C=N–C) groups is 1. The van der Waals surface area contributed by atoms with Gasteiger partial charge in [-0.15, -0.1) is 0 Å². The molecule has 1 heterocycles. The van der Waals surface area contributed by atoms with Gasteiger partial charge in [-0.25, -0.2) is 13.1 Å². The summed E-state index contributed by atoms with van der Waals surface area (Å²) >= 11 is 0. The van der Waals surface area contributed by atoms with Gasteiger partial charge in [-0.3, -0.25) is 29.0 Å². The van der Waals surface area contributed by atoms with Gasteiger partial charge in [0.2, 0.25) is 23.7 Å². The number of nitrogens with two attached hydrogens (primary N) is 2. The number of fused-ring (bicyclic) bond motifs is 1. The summed E-state index contributed by atoms with van der Waals surface area (Å²) in [5.74, 6) is -4.26. The van der Waals surface area contributed by atoms with E-state index in [0.717, 1.165) is 11.1 Å². The molecule has 2 rings (SSSR count). The highest BCUT2D eigenvalue weighted by molar-refractivity contribution is 7.90. The number of hydrogen-bond acceptors (Lipinski definition) is 11. The Kier molecular flexibility index (Phi) is 14.0. The van der Waals surface area contributed by atoms with Gasteiger partial charge in [-0.05, 0) is 98.8 Å². The quantitative estimate of drug-likeness (QED) is 0.0555. The zero-order chi connectivity index (χ0) is 39.2. The summed E-state index contributed by atoms with van der Waals surface area (Å²) in [7, 11) is -4.09. The van der Waals surface area contributed by atoms with E-state index >= 15 is 0 Å². The van der Waals surface area contributed by atoms with Crippen LogP contribution in [-0.4, -0.2) is 91.1 Å². The number of carboxylic acid groups (broad SMARTS) is 1. The van der Waals surface area contributed by atoms with Gasteiger partial charge in [0, 0.05) is 18.5 Å². The number of nitrogens with zero attached hydrogens (tertiary/aromatic N) is 1. The number of ether oxygens (including phenoxy) is 2. The van der Waals surface area contributed by atoms with Crippen LogP contribution in [0.3, 0.4) is 0 Å². The van der Waals surface area contributed by atoms with Crippen molar-refractivity contribution in [3.63, 3.8) is 0 Å². The fraction of sp³-hybridized carbons (Fsp3) is 0.636. The van der Waals surface area contributed by atoms with Gasteiger partial charge in [0.05, 0.1) is 17.4 Å². The number of guanidine groups is 1. The Morgan fingerprint density at radius 1 is 0.961 bits per heavy atom. The highest BCUT2D eigenvalue weighted by Gasteiger charge is 2.37. The van der Waals surface area contributed by atoms with Crippen LogP contribution in [0.25, 0.3) is 0 Å². The summed E-state index contributed by atoms with van der Waals surface area (Å²) in [6, 6.07) is -5.10. The molecule has 51 heavy (non-hydrogen) atoms. The molecule has 1 aromatic rings. The van der Waals surface area contributed by atoms with Crippen molar-refractivity contribution in [1.82, 2.24) is 20.7 Å². The minimum atomic E-state index is -4.09. The molecule has 0 bridgehead atoms. The minimum Gasteiger partial charge on any atom is -0.487 e. The molecule has 0 fully saturated rings. The number of amides is 3. The molecule has 9 N–H and O–H groups in total. The Hall–Kier alpha value is -4.45. The van der Waals surface area contributed by atoms with Crippen molar-refractivity contribution in [2.45, 2.75) is 135 Å². The number of benzene rings is 1. The summed E-state index contributed by atoms with van der Waals surface area (Å²) in [6.45, 7) is 16.5. The standard InChI is InChI=1S/C33H53N7O10S/c1-16-17(2)26(18(3)21-15-33(9,10)50-25(16)21)51(47,48)40-31(35)36-13-11-12-22(34)28(43)37-19(4)27(42)39-23(14-24(41)49-32(6,7)8)29(44)38-20(5)30(45)46/h19-20,22-23H,11-15,34H2,1-10H3,(H,37,43)(H,38,44)(H,39,42)(H,45,46)(H3,35,36,40)/t19-,20-,22-,23-/m0/s1. The molecule has 0 aromatic heterocycles. The maximum Gasteiger partial charge on any atom is 0.325 e. The molecular formula is C33H53N7O10S. The molecule has 1 aliphatic rings. The molecule has 4 atom stereocenters. The molecule has 0 spiro atoms. The molecule has 0 aliphatic carbocycles. The van der Waals surface area contributed by atoms with E-state index < -0.39 is 81.5 Å². The van der Waals surface area contributed by atoms with Crippen LogP contribution in [0.2, 0.25) is 0 Å². The van der Waals surface area contributed by atoms with E-state index in [-0.39, 0.29) is 30.2 Å². The Morgan fingerprint density at radius 3 is 2.12 bits per heavy atom. The SMILES string of the molecule is Cc1c(C)c(S(=O)(=O)NC(N)=NCCC[C@H](N)C(=O)N[C@@H](C)C(=O)N[C@@H](CC(=O)OC(C)(C)C)C(=O)N[C@@H](C)C(=O)O)c(C)c2c1OC(C)(C)C2. The van der Waals surface area contributed by atoms with Gasteiger partial charge >= 0.3 is 11.9 Å². The van der Waals surface area contributed by atoms with Crippen molar-refractivity contribution in [1.29, 1.82) is 0 Å². The third-order valence-electron chi connectivity index (χ3n) is 8.00. The number of hydrogen-bond donors (Lipinski definition) is 7. The summed E-state index contributed by atoms with van der Waals surface area (Å²) < 4.78 is 40.4. The fourth-order valence-electron chi connectivity index (χ4n) is 5.33. The van der Waals surface area contributed by atoms with Crippen LogP contribution >= 0.6 is 0 Å². The summed E-state index contributed by atoms with van der Waals surface area (Å²) in [5, 5.41) is 16.1. The number of rotatable bonds is 15. The molecule has 17 nitrogen and oxygen atoms in total. The van der Waals surface area contributed by atoms with Crippen LogP contribution in [-0.2, 0) is 45.2 Å². The molecule has 0 saturated heterocycles. The van der Waals surface area contributed by atoms with Crippen molar-refractivity contribution in [3.05, 3.63) is 22.3 Å². The Balaban J connectivity index is 1.98. The van der Waals surface area contributed by atoms with Gasteiger partial charge in [0.15, 0.2) is 0 Å². The summed E-state index contributed by atoms with van der Waals surface area (Å²) in [4.78, 5) is 66.1. The van der Waals surface area contributed by atoms with Gasteiger partial charge in [0.25, 0.3) is 10.0 Å². The maximum absolute atomic E-state index is 13.4. The van der Waals surface area contributed by atoms with Crippen molar-refractivity contribution in [2.24, 2.45) is 16.5 Å². The maximum atomic E-state index is 13.4. The van der Waals surface area contributed by atoms with Gasteiger partial charge in [-0.2, -0.15) is 0 Å². The highest BCUT2D eigenvalue weighted by Crippen LogP contribution is 2.43. The smallest absolute Gasteiger partial charge is 0.325 e. The molecule has 3 amide bonds. The van der Waals surface area contributed by atoms with E-state index in [9.17, 15) is 32.4 Å². The van der Waals surface area contributed by atoms with E-state index in [4.69, 9.17) is 26.0 Å². The number of carboxylic acids is 1. The number of carbonyl (C=O) groups excluding carboxylic acids is 4. The third kappa shape index (κ3) is 12.1. The Morgan fingerprint density at radius 2 is 1.55 bits per heavy atom. The molecular weight excluding hydrogens is 686 g/mol. The lowest BCUT2D eigenvalue weighted by molar-refractivity contribution is -0.156. The molecule has 0 unspecified atom stereocenters. The number of nitrogens with one attached hydrogen (secondary N) is 4. The van der Waals surface area contributed by atoms with Crippen molar-refractivity contribution in [3.8, 4) is 5.75 Å². The van der Waals surface area contributed by atoms with E-state index in [0.29, 0.717) is 23.3 Å². The lowest BCUT2D eigenvalue weighted by Gasteiger charge is -2.24. The first-order valence-electron chi connectivity index (χ1n) is 16.5. The van der Waals surface area contributed by atoms with E-state index in [1.807, 2.05) is 20.8 Å². The van der Waals surface area contributed by atoms with Crippen LogP contribution < -0.4 is 36.9 Å². The predicted octanol–water partition coefficient (Wildman–Crippen LogP) is 0.336. The second-order valence-electron chi connectivity index (χ2n) is 14.3. The predicted molar refractivity (Wildman–Crippen MR) is 188 cm³/mol. The van der Waals surface area contributed by atoms with Crippen molar-refractivity contribution in [2.75, 3.05) is 6.54 Å². The third-order valence-corrected chi connectivity index (χ3v) is 9.62. The molecule has 1 aliphatic heterocycles. The second-order valence-corrected chi connectivity index (χ2v) is 15.9. The first kappa shape index (κ1) is 42.7. The lowest BCUT2D eigenvalue weighted by Crippen LogP contribution is -2.56. The monoisotopic (exact) mass is 739 g/mol. The van der Waals surface area contributed by atoms with Gasteiger partial charge in [-0.1, -0.05) is 0 Å². The van der Waals surface area contributed by atoms with Crippen LogP contribution in [0.4, 0.5) is 0 Å². The Labute approximate surface area is 299 Å². The van der Waals surface area contributed by atoms with E-state index in [2.05, 4.69) is 25.7 Å². The Bertz CT molecular complexity index is 1670. The van der Waals surface area contributed by atoms with E-state index in [1.54, 1.807) is 34.6 Å². The van der Waals surface area contributed by atoms with Crippen LogP contribution in [0.5, 0.6) is 5.75 Å². The normalized spacial score (nSPS) is 16.4. The highest BCUT2D eigenvalue weighted by atomic mass is 32.2. The average Bonchev–Trinajstić information content (AvgIpc) is 3.31. The summed E-state index contributed by atoms with van der Waals surface area (Å²) in [6.07, 6.45) is 0.289. The topological polar surface area (TPSA) is 271 Å². The van der Waals surface area contributed by atoms with Crippen LogP contribution in [0.1, 0.15) is 90.0 Å². The molecule has 1 aromatic carbocycles. The first-order chi connectivity index (χ1) is 23.3. The largest absolute Gasteiger partial charge is 0.487 e. The lowest BCUT2D eigenvalue weighted by atomic mass is 9.94. The molecule has 0 radical (unpaired) electrons. The van der Waals surface area contributed by atoms with E-state index in [1.165, 1.54) is 13.8 Å². The van der Waals surface area contributed by atoms with Gasteiger partial charge in [0.1, 0.15) is 35.1 Å². The number of carbonyl (C=O) groups is 5. The first-order valence-corrected chi connectivity index (χ1v) is 18.0. The second kappa shape index (κ2) is 16.7. The molecule has 286 valence electrons. The summed E-state index contributed by atoms with van der Waals surface area (Å²) in [5.41, 5.74) is 13.3. The zero-order valence-electron chi connectivity index (χ0n) is 31.0. The number of sulfonamides is 1. The minimum absolute atomic E-state index is 0.0325. The fourth-order valence-corrected chi connectivity index (χ4v) is 6.85.